The molecule has 1 aliphatic rings. The number of amides is 2. The van der Waals surface area contributed by atoms with Crippen LogP contribution in [-0.2, 0) is 9.59 Å². The number of aryl methyl sites for hydroxylation is 1. The molecule has 0 unspecified atom stereocenters. The molecule has 1 aliphatic heterocycles. The molecule has 1 N–H and O–H groups in total. The number of carboxylic acid groups (broad SMARTS) is 1. The van der Waals surface area contributed by atoms with E-state index in [1.54, 1.807) is 24.3 Å². The van der Waals surface area contributed by atoms with E-state index in [0.717, 1.165) is 17.3 Å². The Morgan fingerprint density at radius 3 is 2.67 bits per heavy atom. The van der Waals surface area contributed by atoms with Crippen LogP contribution in [0.1, 0.15) is 22.3 Å². The van der Waals surface area contributed by atoms with Crippen LogP contribution < -0.4 is 10.5 Å². The lowest BCUT2D eigenvalue weighted by molar-refractivity contribution is -0.305. The molecular weight excluding hydrogens is 330 g/mol. The van der Waals surface area contributed by atoms with E-state index in [4.69, 9.17) is 0 Å². The van der Waals surface area contributed by atoms with E-state index in [1.807, 2.05) is 6.92 Å². The highest BCUT2D eigenvalue weighted by Crippen LogP contribution is 2.29. The fraction of sp³-hybridized carbons (Fsp3) is 0.250. The fourth-order valence-electron chi connectivity index (χ4n) is 2.04. The van der Waals surface area contributed by atoms with Crippen LogP contribution in [0.4, 0.5) is 0 Å². The summed E-state index contributed by atoms with van der Waals surface area (Å²) in [6.07, 6.45) is 1.08. The molecule has 0 spiro atoms. The van der Waals surface area contributed by atoms with Crippen molar-refractivity contribution in [2.24, 2.45) is 5.10 Å². The molecule has 1 atom stereocenters. The Kier molecular flexibility index (Phi) is 5.75. The van der Waals surface area contributed by atoms with Crippen molar-refractivity contribution in [3.63, 3.8) is 0 Å². The Bertz CT molecular complexity index is 700. The van der Waals surface area contributed by atoms with E-state index >= 15 is 0 Å². The number of hydrogen-bond acceptors (Lipinski definition) is 6. The normalized spacial score (nSPS) is 18.7. The van der Waals surface area contributed by atoms with Crippen LogP contribution in [0.15, 0.2) is 42.0 Å². The van der Waals surface area contributed by atoms with Crippen molar-refractivity contribution in [3.8, 4) is 0 Å². The third-order valence-electron chi connectivity index (χ3n) is 3.25. The molecule has 1 aromatic carbocycles. The van der Waals surface area contributed by atoms with E-state index in [-0.39, 0.29) is 11.7 Å². The van der Waals surface area contributed by atoms with Gasteiger partial charge in [0, 0.05) is 24.5 Å². The number of carbonyl (C=O) groups is 3. The molecule has 1 aromatic rings. The minimum absolute atomic E-state index is 0.175. The van der Waals surface area contributed by atoms with E-state index in [1.165, 1.54) is 11.0 Å². The first-order chi connectivity index (χ1) is 11.4. The van der Waals surface area contributed by atoms with Gasteiger partial charge in [0.15, 0.2) is 5.17 Å². The van der Waals surface area contributed by atoms with Gasteiger partial charge in [0.05, 0.1) is 5.25 Å². The van der Waals surface area contributed by atoms with Gasteiger partial charge in [-0.15, -0.1) is 11.7 Å². The summed E-state index contributed by atoms with van der Waals surface area (Å²) in [6, 6.07) is 6.93. The second-order valence-electron chi connectivity index (χ2n) is 5.12. The molecule has 0 aliphatic carbocycles. The van der Waals surface area contributed by atoms with Gasteiger partial charge >= 0.3 is 0 Å². The molecule has 0 saturated carbocycles. The lowest BCUT2D eigenvalue weighted by atomic mass is 10.1. The first-order valence-electron chi connectivity index (χ1n) is 7.16. The Hall–Kier alpha value is -2.61. The smallest absolute Gasteiger partial charge is 0.271 e. The minimum atomic E-state index is -1.32. The van der Waals surface area contributed by atoms with E-state index < -0.39 is 29.5 Å². The molecule has 1 fully saturated rings. The highest BCUT2D eigenvalue weighted by molar-refractivity contribution is 8.15. The van der Waals surface area contributed by atoms with Gasteiger partial charge in [-0.1, -0.05) is 35.5 Å². The molecule has 1 saturated heterocycles. The average Bonchev–Trinajstić information content (AvgIpc) is 2.82. The molecule has 24 heavy (non-hydrogen) atoms. The number of carbonyl (C=O) groups excluding carboxylic acids is 3. The number of hydrazone groups is 1. The standard InChI is InChI=1S/C16H17N3O4S/c1-3-8-19-15(23)12(9-13(20)21)24-16(19)18-17-14(22)11-6-4-10(2)5-7-11/h3-7,12H,1,8-9H2,2H3,(H,17,22)(H,20,21)/p-1/b18-16+/t12-/m0/s1. The number of amidine groups is 1. The summed E-state index contributed by atoms with van der Waals surface area (Å²) in [5, 5.41) is 14.1. The third kappa shape index (κ3) is 4.23. The molecule has 2 amide bonds. The summed E-state index contributed by atoms with van der Waals surface area (Å²) in [5.74, 6) is -2.13. The quantitative estimate of drug-likeness (QED) is 0.588. The van der Waals surface area contributed by atoms with E-state index in [9.17, 15) is 19.5 Å². The number of carboxylic acids is 1. The van der Waals surface area contributed by atoms with Crippen LogP contribution in [0.5, 0.6) is 0 Å². The van der Waals surface area contributed by atoms with Crippen LogP contribution in [-0.4, -0.2) is 39.6 Å². The molecule has 2 rings (SSSR count). The number of benzene rings is 1. The highest BCUT2D eigenvalue weighted by Gasteiger charge is 2.37. The fourth-order valence-corrected chi connectivity index (χ4v) is 3.13. The van der Waals surface area contributed by atoms with Crippen molar-refractivity contribution in [2.75, 3.05) is 6.54 Å². The van der Waals surface area contributed by atoms with Crippen molar-refractivity contribution in [3.05, 3.63) is 48.0 Å². The second-order valence-corrected chi connectivity index (χ2v) is 6.29. The first-order valence-corrected chi connectivity index (χ1v) is 8.03. The van der Waals surface area contributed by atoms with Crippen molar-refractivity contribution >= 4 is 34.7 Å². The number of thioether (sulfide) groups is 1. The molecule has 7 nitrogen and oxygen atoms in total. The number of nitrogens with one attached hydrogen (secondary N) is 1. The zero-order chi connectivity index (χ0) is 17.7. The maximum atomic E-state index is 12.2. The molecule has 126 valence electrons. The van der Waals surface area contributed by atoms with Crippen LogP contribution in [0, 0.1) is 6.92 Å². The zero-order valence-corrected chi connectivity index (χ0v) is 13.8. The minimum Gasteiger partial charge on any atom is -0.550 e. The average molecular weight is 346 g/mol. The first kappa shape index (κ1) is 17.7. The largest absolute Gasteiger partial charge is 0.550 e. The van der Waals surface area contributed by atoms with Gasteiger partial charge in [-0.3, -0.25) is 14.5 Å². The second kappa shape index (κ2) is 7.78. The van der Waals surface area contributed by atoms with Crippen LogP contribution >= 0.6 is 11.8 Å². The van der Waals surface area contributed by atoms with Crippen molar-refractivity contribution in [1.29, 1.82) is 0 Å². The number of hydrogen-bond donors (Lipinski definition) is 1. The maximum absolute atomic E-state index is 12.2. The van der Waals surface area contributed by atoms with Gasteiger partial charge in [0.1, 0.15) is 0 Å². The maximum Gasteiger partial charge on any atom is 0.271 e. The highest BCUT2D eigenvalue weighted by atomic mass is 32.2. The van der Waals surface area contributed by atoms with Crippen molar-refractivity contribution < 1.29 is 19.5 Å². The molecule has 1 heterocycles. The molecule has 0 radical (unpaired) electrons. The van der Waals surface area contributed by atoms with Crippen LogP contribution in [0.2, 0.25) is 0 Å². The molecule has 0 aromatic heterocycles. The lowest BCUT2D eigenvalue weighted by Crippen LogP contribution is -2.35. The molecule has 0 bridgehead atoms. The van der Waals surface area contributed by atoms with Crippen LogP contribution in [0.25, 0.3) is 0 Å². The van der Waals surface area contributed by atoms with Crippen molar-refractivity contribution in [2.45, 2.75) is 18.6 Å². The number of nitrogens with zero attached hydrogens (tertiary/aromatic N) is 2. The van der Waals surface area contributed by atoms with Gasteiger partial charge in [0.2, 0.25) is 5.91 Å². The topological polar surface area (TPSA) is 102 Å². The summed E-state index contributed by atoms with van der Waals surface area (Å²) >= 11 is 0.978. The summed E-state index contributed by atoms with van der Waals surface area (Å²) in [4.78, 5) is 36.2. The Morgan fingerprint density at radius 1 is 1.42 bits per heavy atom. The number of rotatable bonds is 6. The van der Waals surface area contributed by atoms with Gasteiger partial charge in [-0.05, 0) is 19.1 Å². The molecular formula is C16H16N3O4S-. The monoisotopic (exact) mass is 346 g/mol. The SMILES string of the molecule is C=CCN1C(=O)[C@H](CC(=O)[O-])S/C1=N/NC(=O)c1ccc(C)cc1. The number of aliphatic carboxylic acids is 1. The summed E-state index contributed by atoms with van der Waals surface area (Å²) in [7, 11) is 0. The lowest BCUT2D eigenvalue weighted by Gasteiger charge is -2.13. The van der Waals surface area contributed by atoms with Crippen molar-refractivity contribution in [1.82, 2.24) is 10.3 Å². The van der Waals surface area contributed by atoms with Gasteiger partial charge in [0.25, 0.3) is 5.91 Å². The Balaban J connectivity index is 2.12. The summed E-state index contributed by atoms with van der Waals surface area (Å²) in [5.41, 5.74) is 3.84. The van der Waals surface area contributed by atoms with E-state index in [2.05, 4.69) is 17.1 Å². The molecule has 8 heteroatoms. The Labute approximate surface area is 143 Å². The predicted octanol–water partition coefficient (Wildman–Crippen LogP) is 0.266. The Morgan fingerprint density at radius 2 is 2.08 bits per heavy atom. The van der Waals surface area contributed by atoms with E-state index in [0.29, 0.717) is 5.56 Å². The summed E-state index contributed by atoms with van der Waals surface area (Å²) < 4.78 is 0. The third-order valence-corrected chi connectivity index (χ3v) is 4.43. The summed E-state index contributed by atoms with van der Waals surface area (Å²) in [6.45, 7) is 5.64. The van der Waals surface area contributed by atoms with Gasteiger partial charge in [-0.2, -0.15) is 0 Å². The van der Waals surface area contributed by atoms with Crippen LogP contribution in [0.3, 0.4) is 0 Å². The predicted molar refractivity (Wildman–Crippen MR) is 89.0 cm³/mol. The zero-order valence-electron chi connectivity index (χ0n) is 13.0. The van der Waals surface area contributed by atoms with Gasteiger partial charge in [-0.25, -0.2) is 5.43 Å². The van der Waals surface area contributed by atoms with Gasteiger partial charge < -0.3 is 9.90 Å².